The summed E-state index contributed by atoms with van der Waals surface area (Å²) in [6.07, 6.45) is 7.49. The minimum Gasteiger partial charge on any atom is -0.278 e. The highest BCUT2D eigenvalue weighted by molar-refractivity contribution is 6.31. The molecule has 2 aromatic rings. The van der Waals surface area contributed by atoms with Crippen LogP contribution in [-0.2, 0) is 20.0 Å². The monoisotopic (exact) mass is 351 g/mol. The molecule has 0 unspecified atom stereocenters. The van der Waals surface area contributed by atoms with Gasteiger partial charge in [-0.3, -0.25) is 4.57 Å². The van der Waals surface area contributed by atoms with Gasteiger partial charge >= 0.3 is 5.69 Å². The Labute approximate surface area is 146 Å². The van der Waals surface area contributed by atoms with Crippen molar-refractivity contribution in [3.05, 3.63) is 50.9 Å². The van der Waals surface area contributed by atoms with Crippen LogP contribution in [0.1, 0.15) is 49.9 Å². The lowest BCUT2D eigenvalue weighted by molar-refractivity contribution is 0.383. The molecule has 1 aromatic heterocycles. The van der Waals surface area contributed by atoms with Crippen molar-refractivity contribution in [3.63, 3.8) is 0 Å². The molecule has 4 nitrogen and oxygen atoms in total. The van der Waals surface area contributed by atoms with Gasteiger partial charge in [-0.2, -0.15) is 5.10 Å². The fourth-order valence-electron chi connectivity index (χ4n) is 3.53. The van der Waals surface area contributed by atoms with E-state index >= 15 is 0 Å². The number of rotatable bonds is 4. The zero-order chi connectivity index (χ0) is 17.1. The summed E-state index contributed by atoms with van der Waals surface area (Å²) in [4.78, 5) is 12.4. The highest BCUT2D eigenvalue weighted by atomic mass is 35.5. The van der Waals surface area contributed by atoms with E-state index in [0.29, 0.717) is 28.9 Å². The first-order chi connectivity index (χ1) is 11.6. The topological polar surface area (TPSA) is 39.8 Å². The number of aromatic nitrogens is 3. The molecular weight excluding hydrogens is 329 g/mol. The van der Waals surface area contributed by atoms with Crippen LogP contribution < -0.4 is 5.69 Å². The van der Waals surface area contributed by atoms with Crippen molar-refractivity contribution in [1.82, 2.24) is 14.3 Å². The van der Waals surface area contributed by atoms with Crippen LogP contribution in [0.5, 0.6) is 0 Å². The number of hydrogen-bond acceptors (Lipinski definition) is 2. The predicted molar refractivity (Wildman–Crippen MR) is 92.9 cm³/mol. The Morgan fingerprint density at radius 3 is 2.62 bits per heavy atom. The van der Waals surface area contributed by atoms with Gasteiger partial charge in [0.2, 0.25) is 0 Å². The Kier molecular flexibility index (Phi) is 5.39. The summed E-state index contributed by atoms with van der Waals surface area (Å²) >= 11 is 6.13. The van der Waals surface area contributed by atoms with E-state index < -0.39 is 0 Å². The molecule has 3 rings (SSSR count). The molecule has 1 aliphatic carbocycles. The fourth-order valence-corrected chi connectivity index (χ4v) is 3.76. The standard InChI is InChI=1S/C18H23ClFN3O/c1-22-18(24)23(12-13-7-4-2-3-5-8-13)17(21-22)11-14-15(19)9-6-10-16(14)20/h6,9-10,13H,2-5,7-8,11-12H2,1H3. The SMILES string of the molecule is Cn1nc(Cc2c(F)cccc2Cl)n(CC2CCCCCC2)c1=O. The van der Waals surface area contributed by atoms with Gasteiger partial charge in [0.25, 0.3) is 0 Å². The molecule has 1 fully saturated rings. The first kappa shape index (κ1) is 17.2. The fraction of sp³-hybridized carbons (Fsp3) is 0.556. The van der Waals surface area contributed by atoms with Crippen molar-refractivity contribution in [2.45, 2.75) is 51.5 Å². The molecule has 0 atom stereocenters. The first-order valence-corrected chi connectivity index (χ1v) is 8.99. The lowest BCUT2D eigenvalue weighted by Crippen LogP contribution is -2.26. The van der Waals surface area contributed by atoms with Crippen LogP contribution >= 0.6 is 11.6 Å². The largest absolute Gasteiger partial charge is 0.345 e. The second-order valence-corrected chi connectivity index (χ2v) is 7.07. The lowest BCUT2D eigenvalue weighted by Gasteiger charge is -2.15. The number of aryl methyl sites for hydroxylation is 1. The molecule has 24 heavy (non-hydrogen) atoms. The van der Waals surface area contributed by atoms with E-state index in [1.54, 1.807) is 23.7 Å². The van der Waals surface area contributed by atoms with Crippen molar-refractivity contribution in [2.24, 2.45) is 13.0 Å². The number of halogens is 2. The van der Waals surface area contributed by atoms with Crippen molar-refractivity contribution >= 4 is 11.6 Å². The predicted octanol–water partition coefficient (Wildman–Crippen LogP) is 3.94. The van der Waals surface area contributed by atoms with Crippen molar-refractivity contribution in [1.29, 1.82) is 0 Å². The van der Waals surface area contributed by atoms with Gasteiger partial charge in [-0.25, -0.2) is 13.9 Å². The molecule has 130 valence electrons. The summed E-state index contributed by atoms with van der Waals surface area (Å²) in [6, 6.07) is 4.63. The van der Waals surface area contributed by atoms with Crippen LogP contribution in [-0.4, -0.2) is 14.3 Å². The van der Waals surface area contributed by atoms with Gasteiger partial charge in [0.05, 0.1) is 0 Å². The van der Waals surface area contributed by atoms with Gasteiger partial charge in [-0.05, 0) is 30.9 Å². The van der Waals surface area contributed by atoms with Crippen LogP contribution in [0.2, 0.25) is 5.02 Å². The first-order valence-electron chi connectivity index (χ1n) is 8.62. The van der Waals surface area contributed by atoms with Gasteiger partial charge in [0.1, 0.15) is 11.6 Å². The third kappa shape index (κ3) is 3.72. The Morgan fingerprint density at radius 1 is 1.25 bits per heavy atom. The quantitative estimate of drug-likeness (QED) is 0.783. The lowest BCUT2D eigenvalue weighted by atomic mass is 10.0. The molecule has 0 bridgehead atoms. The average Bonchev–Trinajstić information content (AvgIpc) is 2.75. The molecular formula is C18H23ClFN3O. The third-order valence-corrected chi connectivity index (χ3v) is 5.25. The van der Waals surface area contributed by atoms with Gasteiger partial charge in [-0.1, -0.05) is 43.4 Å². The molecule has 0 saturated heterocycles. The number of benzene rings is 1. The van der Waals surface area contributed by atoms with Gasteiger partial charge in [0.15, 0.2) is 0 Å². The van der Waals surface area contributed by atoms with Gasteiger partial charge in [0, 0.05) is 30.6 Å². The van der Waals surface area contributed by atoms with E-state index in [1.807, 2.05) is 0 Å². The maximum atomic E-state index is 14.1. The van der Waals surface area contributed by atoms with Gasteiger partial charge < -0.3 is 0 Å². The summed E-state index contributed by atoms with van der Waals surface area (Å²) in [5.74, 6) is 0.713. The summed E-state index contributed by atoms with van der Waals surface area (Å²) < 4.78 is 17.1. The van der Waals surface area contributed by atoms with Crippen LogP contribution in [0.4, 0.5) is 4.39 Å². The molecule has 0 amide bonds. The van der Waals surface area contributed by atoms with Gasteiger partial charge in [-0.15, -0.1) is 0 Å². The summed E-state index contributed by atoms with van der Waals surface area (Å²) in [5.41, 5.74) is 0.258. The minimum atomic E-state index is -0.360. The second-order valence-electron chi connectivity index (χ2n) is 6.67. The molecule has 1 saturated carbocycles. The molecule has 6 heteroatoms. The maximum Gasteiger partial charge on any atom is 0.345 e. The number of hydrogen-bond donors (Lipinski definition) is 0. The normalized spacial score (nSPS) is 16.3. The highest BCUT2D eigenvalue weighted by Crippen LogP contribution is 2.25. The van der Waals surface area contributed by atoms with E-state index in [4.69, 9.17) is 11.6 Å². The molecule has 0 spiro atoms. The smallest absolute Gasteiger partial charge is 0.278 e. The van der Waals surface area contributed by atoms with Crippen LogP contribution in [0.15, 0.2) is 23.0 Å². The highest BCUT2D eigenvalue weighted by Gasteiger charge is 2.20. The third-order valence-electron chi connectivity index (χ3n) is 4.90. The Hall–Kier alpha value is -1.62. The Bertz CT molecular complexity index is 740. The Balaban J connectivity index is 1.88. The van der Waals surface area contributed by atoms with E-state index in [9.17, 15) is 9.18 Å². The van der Waals surface area contributed by atoms with E-state index in [1.165, 1.54) is 36.4 Å². The summed E-state index contributed by atoms with van der Waals surface area (Å²) in [7, 11) is 1.64. The molecule has 1 aromatic carbocycles. The zero-order valence-corrected chi connectivity index (χ0v) is 14.7. The Morgan fingerprint density at radius 2 is 1.96 bits per heavy atom. The molecule has 1 aliphatic rings. The van der Waals surface area contributed by atoms with E-state index in [-0.39, 0.29) is 17.9 Å². The summed E-state index contributed by atoms with van der Waals surface area (Å²) in [5, 5.41) is 4.69. The van der Waals surface area contributed by atoms with Crippen molar-refractivity contribution in [2.75, 3.05) is 0 Å². The minimum absolute atomic E-state index is 0.137. The number of nitrogens with zero attached hydrogens (tertiary/aromatic N) is 3. The molecule has 1 heterocycles. The molecule has 0 aliphatic heterocycles. The van der Waals surface area contributed by atoms with E-state index in [2.05, 4.69) is 5.10 Å². The average molecular weight is 352 g/mol. The molecule has 0 radical (unpaired) electrons. The zero-order valence-electron chi connectivity index (χ0n) is 14.0. The second kappa shape index (κ2) is 7.51. The molecule has 0 N–H and O–H groups in total. The van der Waals surface area contributed by atoms with Crippen LogP contribution in [0, 0.1) is 11.7 Å². The van der Waals surface area contributed by atoms with Crippen LogP contribution in [0.25, 0.3) is 0 Å². The van der Waals surface area contributed by atoms with Crippen LogP contribution in [0.3, 0.4) is 0 Å². The van der Waals surface area contributed by atoms with E-state index in [0.717, 1.165) is 12.8 Å². The maximum absolute atomic E-state index is 14.1. The van der Waals surface area contributed by atoms with Crippen molar-refractivity contribution in [3.8, 4) is 0 Å². The summed E-state index contributed by atoms with van der Waals surface area (Å²) in [6.45, 7) is 0.661. The van der Waals surface area contributed by atoms with Crippen molar-refractivity contribution < 1.29 is 4.39 Å².